The molecule has 1 saturated heterocycles. The maximum atomic E-state index is 13.2. The van der Waals surface area contributed by atoms with Crippen LogP contribution in [0.5, 0.6) is 0 Å². The van der Waals surface area contributed by atoms with E-state index in [1.54, 1.807) is 5.38 Å². The molecule has 1 fully saturated rings. The minimum absolute atomic E-state index is 0.0506. The summed E-state index contributed by atoms with van der Waals surface area (Å²) in [5, 5.41) is 21.0. The lowest BCUT2D eigenvalue weighted by molar-refractivity contribution is -0.583. The number of aryl methyl sites for hydroxylation is 1. The number of nitrogens with two attached hydrogens (primary N) is 1. The second-order valence-electron chi connectivity index (χ2n) is 8.82. The highest BCUT2D eigenvalue weighted by atomic mass is 32.2. The molecule has 0 bridgehead atoms. The van der Waals surface area contributed by atoms with Gasteiger partial charge in [0.1, 0.15) is 29.4 Å². The number of fused-ring (bicyclic) bond motifs is 2. The van der Waals surface area contributed by atoms with E-state index in [1.807, 2.05) is 35.8 Å². The molecular weight excluding hydrogens is 546 g/mol. The van der Waals surface area contributed by atoms with Gasteiger partial charge in [-0.1, -0.05) is 9.67 Å². The molecule has 2 amide bonds. The number of ether oxygens (including phenoxy) is 1. The van der Waals surface area contributed by atoms with Crippen molar-refractivity contribution in [3.63, 3.8) is 0 Å². The number of aromatic amines is 1. The van der Waals surface area contributed by atoms with Crippen molar-refractivity contribution in [1.82, 2.24) is 20.3 Å². The first kappa shape index (κ1) is 26.6. The van der Waals surface area contributed by atoms with E-state index >= 15 is 0 Å². The molecule has 3 aromatic heterocycles. The van der Waals surface area contributed by atoms with Gasteiger partial charge in [-0.3, -0.25) is 14.5 Å². The summed E-state index contributed by atoms with van der Waals surface area (Å²) in [5.74, 6) is -2.01. The van der Waals surface area contributed by atoms with Crippen molar-refractivity contribution in [2.45, 2.75) is 24.8 Å². The van der Waals surface area contributed by atoms with E-state index in [0.717, 1.165) is 28.1 Å². The van der Waals surface area contributed by atoms with Crippen LogP contribution in [-0.4, -0.2) is 81.1 Å². The lowest BCUT2D eigenvalue weighted by Gasteiger charge is -2.49. The van der Waals surface area contributed by atoms with Crippen molar-refractivity contribution >= 4 is 57.2 Å². The summed E-state index contributed by atoms with van der Waals surface area (Å²) < 4.78 is 6.84. The van der Waals surface area contributed by atoms with Gasteiger partial charge in [-0.2, -0.15) is 5.10 Å². The van der Waals surface area contributed by atoms with Gasteiger partial charge < -0.3 is 25.7 Å². The van der Waals surface area contributed by atoms with Gasteiger partial charge in [-0.25, -0.2) is 9.78 Å². The predicted molar refractivity (Wildman–Crippen MR) is 143 cm³/mol. The molecule has 0 aliphatic carbocycles. The van der Waals surface area contributed by atoms with Crippen molar-refractivity contribution in [2.24, 2.45) is 5.16 Å². The van der Waals surface area contributed by atoms with E-state index in [9.17, 15) is 19.5 Å². The number of aliphatic carboxylic acids is 1. The molecule has 0 aromatic carbocycles. The van der Waals surface area contributed by atoms with E-state index in [1.165, 1.54) is 23.8 Å². The fraction of sp³-hybridized carbons (Fsp3) is 0.333. The van der Waals surface area contributed by atoms with Gasteiger partial charge in [0.05, 0.1) is 18.4 Å². The summed E-state index contributed by atoms with van der Waals surface area (Å²) in [7, 11) is 1.50. The highest BCUT2D eigenvalue weighted by Gasteiger charge is 2.54. The first-order chi connectivity index (χ1) is 18.8. The summed E-state index contributed by atoms with van der Waals surface area (Å²) in [6, 6.07) is 4.92. The van der Waals surface area contributed by atoms with Gasteiger partial charge in [0.15, 0.2) is 10.8 Å². The van der Waals surface area contributed by atoms with E-state index in [4.69, 9.17) is 15.3 Å². The molecular formula is C24H26N7O6S2+. The summed E-state index contributed by atoms with van der Waals surface area (Å²) in [5.41, 5.74) is 9.20. The van der Waals surface area contributed by atoms with Crippen LogP contribution in [0.15, 0.2) is 46.2 Å². The Balaban J connectivity index is 1.35. The molecule has 0 unspecified atom stereocenters. The van der Waals surface area contributed by atoms with Crippen LogP contribution in [0.2, 0.25) is 0 Å². The number of carboxylic acid groups (broad SMARTS) is 1. The van der Waals surface area contributed by atoms with E-state index < -0.39 is 29.2 Å². The minimum Gasteiger partial charge on any atom is -0.477 e. The third-order valence-corrected chi connectivity index (χ3v) is 8.35. The zero-order chi connectivity index (χ0) is 27.7. The van der Waals surface area contributed by atoms with E-state index in [2.05, 4.69) is 20.6 Å². The number of nitrogens with zero attached hydrogens (tertiary/aromatic N) is 4. The molecule has 0 radical (unpaired) electrons. The number of methoxy groups -OCH3 is 1. The number of anilines is 1. The molecule has 0 spiro atoms. The molecule has 2 aliphatic heterocycles. The number of thiazole rings is 1. The number of nitrogens with one attached hydrogen (secondary N) is 2. The minimum atomic E-state index is -1.19. The summed E-state index contributed by atoms with van der Waals surface area (Å²) >= 11 is 2.52. The smallest absolute Gasteiger partial charge is 0.352 e. The lowest BCUT2D eigenvalue weighted by atomic mass is 9.99. The second kappa shape index (κ2) is 11.0. The molecule has 5 rings (SSSR count). The largest absolute Gasteiger partial charge is 0.477 e. The van der Waals surface area contributed by atoms with Crippen LogP contribution in [0.3, 0.4) is 0 Å². The topological polar surface area (TPSA) is 176 Å². The Bertz CT molecular complexity index is 1510. The molecule has 2 atom stereocenters. The SMILES string of the molecule is COCCO/N=C(\C(=O)N[C@@H]1C(=O)N2C(C(=O)O)=C(Cc3c[nH][n+]4c(C)cccc34)CS[C@@H]12)c1csc(N)n1. The Hall–Kier alpha value is -3.95. The number of H-pyrrole nitrogens is 1. The third-order valence-electron chi connectivity index (χ3n) is 6.34. The standard InChI is InChI=1S/C24H25N7O6S2/c1-12-4-3-5-16-13(9-26-31(12)16)8-14-10-38-22-18(21(33)30(22)19(14)23(34)35)28-20(32)17(29-37-7-6-36-2)15-11-39-24(25)27-15/h3-5,9,11,18,22H,6-8,10H2,1-2H3,(H4,25,27,28,32,34,35)/p+1/b29-17-/t18-,22+/m1/s1. The highest BCUT2D eigenvalue weighted by molar-refractivity contribution is 8.00. The number of amides is 2. The third kappa shape index (κ3) is 5.07. The van der Waals surface area contributed by atoms with Crippen LogP contribution >= 0.6 is 23.1 Å². The number of hydrogen-bond donors (Lipinski definition) is 4. The number of carbonyl (C=O) groups excluding carboxylic acids is 2. The Labute approximate surface area is 230 Å². The van der Waals surface area contributed by atoms with Gasteiger partial charge in [-0.15, -0.1) is 23.1 Å². The monoisotopic (exact) mass is 572 g/mol. The van der Waals surface area contributed by atoms with E-state index in [0.29, 0.717) is 17.7 Å². The fourth-order valence-corrected chi connectivity index (χ4v) is 6.38. The van der Waals surface area contributed by atoms with Gasteiger partial charge in [0.25, 0.3) is 11.8 Å². The Morgan fingerprint density at radius 3 is 2.92 bits per heavy atom. The second-order valence-corrected chi connectivity index (χ2v) is 10.8. The number of rotatable bonds is 10. The number of thioether (sulfide) groups is 1. The van der Waals surface area contributed by atoms with Crippen molar-refractivity contribution in [3.05, 3.63) is 58.0 Å². The zero-order valence-electron chi connectivity index (χ0n) is 21.0. The van der Waals surface area contributed by atoms with Crippen molar-refractivity contribution in [1.29, 1.82) is 0 Å². The average Bonchev–Trinajstić information content (AvgIpc) is 3.53. The molecule has 204 valence electrons. The van der Waals surface area contributed by atoms with Gasteiger partial charge in [0, 0.05) is 43.7 Å². The number of carboxylic acids is 1. The van der Waals surface area contributed by atoms with Crippen LogP contribution in [0.25, 0.3) is 5.52 Å². The molecule has 2 aliphatic rings. The maximum absolute atomic E-state index is 13.2. The van der Waals surface area contributed by atoms with Crippen molar-refractivity contribution < 1.29 is 33.6 Å². The Morgan fingerprint density at radius 1 is 1.38 bits per heavy atom. The normalized spacial score (nSPS) is 19.2. The fourth-order valence-electron chi connectivity index (χ4n) is 4.49. The molecule has 15 heteroatoms. The number of carbonyl (C=O) groups is 3. The van der Waals surface area contributed by atoms with Gasteiger partial charge >= 0.3 is 5.97 Å². The number of β-lactam (4-membered cyclic amide) rings is 1. The van der Waals surface area contributed by atoms with Crippen LogP contribution < -0.4 is 15.6 Å². The van der Waals surface area contributed by atoms with Crippen LogP contribution in [0.4, 0.5) is 5.13 Å². The molecule has 5 heterocycles. The number of pyridine rings is 1. The first-order valence-electron chi connectivity index (χ1n) is 11.9. The van der Waals surface area contributed by atoms with Crippen molar-refractivity contribution in [2.75, 3.05) is 31.8 Å². The zero-order valence-corrected chi connectivity index (χ0v) is 22.7. The molecule has 13 nitrogen and oxygen atoms in total. The number of nitrogen functional groups attached to an aromatic ring is 1. The summed E-state index contributed by atoms with van der Waals surface area (Å²) in [6.45, 7) is 2.33. The van der Waals surface area contributed by atoms with Crippen LogP contribution in [0, 0.1) is 6.92 Å². The summed E-state index contributed by atoms with van der Waals surface area (Å²) in [6.07, 6.45) is 2.20. The lowest BCUT2D eigenvalue weighted by Crippen LogP contribution is -2.71. The van der Waals surface area contributed by atoms with E-state index in [-0.39, 0.29) is 35.4 Å². The van der Waals surface area contributed by atoms with Crippen LogP contribution in [-0.2, 0) is 30.4 Å². The molecule has 5 N–H and O–H groups in total. The summed E-state index contributed by atoms with van der Waals surface area (Å²) in [4.78, 5) is 49.2. The quantitative estimate of drug-likeness (QED) is 0.0883. The number of aromatic nitrogens is 3. The Kier molecular flexibility index (Phi) is 7.54. The number of hydrogen-bond acceptors (Lipinski definition) is 10. The van der Waals surface area contributed by atoms with Gasteiger partial charge in [-0.05, 0) is 11.6 Å². The maximum Gasteiger partial charge on any atom is 0.352 e. The number of oxime groups is 1. The molecule has 0 saturated carbocycles. The average molecular weight is 573 g/mol. The molecule has 39 heavy (non-hydrogen) atoms. The van der Waals surface area contributed by atoms with Crippen molar-refractivity contribution in [3.8, 4) is 0 Å². The Morgan fingerprint density at radius 2 is 2.21 bits per heavy atom. The van der Waals surface area contributed by atoms with Gasteiger partial charge in [0.2, 0.25) is 11.2 Å². The highest BCUT2D eigenvalue weighted by Crippen LogP contribution is 2.41. The first-order valence-corrected chi connectivity index (χ1v) is 13.8. The van der Waals surface area contributed by atoms with Crippen LogP contribution in [0.1, 0.15) is 17.0 Å². The molecule has 3 aromatic rings. The predicted octanol–water partition coefficient (Wildman–Crippen LogP) is 0.449.